The first-order chi connectivity index (χ1) is 13.6. The van der Waals surface area contributed by atoms with Gasteiger partial charge < -0.3 is 15.5 Å². The molecule has 1 aromatic carbocycles. The van der Waals surface area contributed by atoms with Gasteiger partial charge in [-0.1, -0.05) is 12.1 Å². The molecular weight excluding hydrogens is 397 g/mol. The van der Waals surface area contributed by atoms with Crippen molar-refractivity contribution in [3.8, 4) is 0 Å². The number of hydrogen-bond donors (Lipinski definition) is 2. The lowest BCUT2D eigenvalue weighted by Gasteiger charge is -2.35. The number of hydrogen-bond acceptors (Lipinski definition) is 4. The summed E-state index contributed by atoms with van der Waals surface area (Å²) in [4.78, 5) is 26.9. The van der Waals surface area contributed by atoms with Gasteiger partial charge in [0.05, 0.1) is 11.4 Å². The quantitative estimate of drug-likeness (QED) is 0.785. The molecule has 2 aromatic rings. The molecule has 0 spiro atoms. The molecule has 1 fully saturated rings. The number of rotatable bonds is 4. The highest BCUT2D eigenvalue weighted by Gasteiger charge is 2.34. The van der Waals surface area contributed by atoms with Crippen LogP contribution in [0, 0.1) is 5.82 Å². The average molecular weight is 422 g/mol. The van der Waals surface area contributed by atoms with E-state index in [4.69, 9.17) is 0 Å². The predicted octanol–water partition coefficient (Wildman–Crippen LogP) is 1.57. The molecule has 29 heavy (non-hydrogen) atoms. The molecule has 156 valence electrons. The molecule has 2 aliphatic heterocycles. The largest absolute Gasteiger partial charge is 0.352 e. The third-order valence-corrected chi connectivity index (χ3v) is 5.24. The molecule has 7 nitrogen and oxygen atoms in total. The van der Waals surface area contributed by atoms with E-state index in [2.05, 4.69) is 15.7 Å². The maximum absolute atomic E-state index is 13.6. The smallest absolute Gasteiger partial charge is 0.247 e. The van der Waals surface area contributed by atoms with E-state index in [-0.39, 0.29) is 30.6 Å². The molecule has 2 amide bonds. The summed E-state index contributed by atoms with van der Waals surface area (Å²) >= 11 is 0. The third kappa shape index (κ3) is 4.76. The van der Waals surface area contributed by atoms with Gasteiger partial charge in [0.25, 0.3) is 0 Å². The van der Waals surface area contributed by atoms with E-state index >= 15 is 0 Å². The number of carbonyl (C=O) groups is 2. The Morgan fingerprint density at radius 3 is 2.93 bits per heavy atom. The Bertz CT molecular complexity index is 864. The van der Waals surface area contributed by atoms with Crippen molar-refractivity contribution in [3.63, 3.8) is 0 Å². The van der Waals surface area contributed by atoms with E-state index in [0.29, 0.717) is 25.1 Å². The molecule has 9 heteroatoms. The van der Waals surface area contributed by atoms with Gasteiger partial charge in [0.2, 0.25) is 11.8 Å². The summed E-state index contributed by atoms with van der Waals surface area (Å²) in [6.45, 7) is 3.46. The average Bonchev–Trinajstić information content (AvgIpc) is 2.95. The van der Waals surface area contributed by atoms with Crippen LogP contribution in [0.15, 0.2) is 30.3 Å². The number of halogens is 2. The van der Waals surface area contributed by atoms with Crippen molar-refractivity contribution in [1.82, 2.24) is 25.3 Å². The minimum Gasteiger partial charge on any atom is -0.352 e. The Hall–Kier alpha value is -2.45. The number of aryl methyl sites for hydroxylation is 2. The topological polar surface area (TPSA) is 79.3 Å². The van der Waals surface area contributed by atoms with Crippen molar-refractivity contribution in [1.29, 1.82) is 0 Å². The van der Waals surface area contributed by atoms with Gasteiger partial charge in [-0.3, -0.25) is 14.3 Å². The highest BCUT2D eigenvalue weighted by Crippen LogP contribution is 2.25. The molecule has 1 unspecified atom stereocenters. The van der Waals surface area contributed by atoms with Gasteiger partial charge in [0, 0.05) is 39.0 Å². The van der Waals surface area contributed by atoms with Gasteiger partial charge in [0.15, 0.2) is 0 Å². The SMILES string of the molecule is Cl.O=C1NCCN(C(=O)CCc2cc3n(n2)CCCNC3)C1c1cccc(F)c1. The minimum absolute atomic E-state index is 0. The Kier molecular flexibility index (Phi) is 6.87. The van der Waals surface area contributed by atoms with Crippen molar-refractivity contribution in [3.05, 3.63) is 53.1 Å². The van der Waals surface area contributed by atoms with E-state index in [1.165, 1.54) is 12.1 Å². The summed E-state index contributed by atoms with van der Waals surface area (Å²) in [7, 11) is 0. The van der Waals surface area contributed by atoms with E-state index in [0.717, 1.165) is 37.4 Å². The molecule has 1 aromatic heterocycles. The van der Waals surface area contributed by atoms with E-state index in [1.54, 1.807) is 17.0 Å². The lowest BCUT2D eigenvalue weighted by atomic mass is 10.0. The van der Waals surface area contributed by atoms with Crippen molar-refractivity contribution in [2.75, 3.05) is 19.6 Å². The van der Waals surface area contributed by atoms with Crippen LogP contribution in [0.4, 0.5) is 4.39 Å². The first kappa shape index (κ1) is 21.3. The van der Waals surface area contributed by atoms with Crippen LogP contribution in [0.5, 0.6) is 0 Å². The van der Waals surface area contributed by atoms with E-state index in [9.17, 15) is 14.0 Å². The number of carbonyl (C=O) groups excluding carboxylic acids is 2. The fourth-order valence-corrected chi connectivity index (χ4v) is 3.87. The van der Waals surface area contributed by atoms with Crippen LogP contribution in [0.25, 0.3) is 0 Å². The number of amides is 2. The zero-order valence-electron chi connectivity index (χ0n) is 16.1. The Morgan fingerprint density at radius 1 is 1.24 bits per heavy atom. The van der Waals surface area contributed by atoms with Gasteiger partial charge >= 0.3 is 0 Å². The van der Waals surface area contributed by atoms with Gasteiger partial charge in [-0.25, -0.2) is 4.39 Å². The third-order valence-electron chi connectivity index (χ3n) is 5.24. The molecule has 0 saturated carbocycles. The van der Waals surface area contributed by atoms with Crippen molar-refractivity contribution in [2.45, 2.75) is 38.4 Å². The fraction of sp³-hybridized carbons (Fsp3) is 0.450. The summed E-state index contributed by atoms with van der Waals surface area (Å²) in [6.07, 6.45) is 1.82. The number of aromatic nitrogens is 2. The number of piperazine rings is 1. The zero-order valence-corrected chi connectivity index (χ0v) is 16.9. The fourth-order valence-electron chi connectivity index (χ4n) is 3.87. The van der Waals surface area contributed by atoms with Gasteiger partial charge in [-0.05, 0) is 36.7 Å². The van der Waals surface area contributed by atoms with Gasteiger partial charge in [-0.15, -0.1) is 12.4 Å². The highest BCUT2D eigenvalue weighted by atomic mass is 35.5. The van der Waals surface area contributed by atoms with Crippen molar-refractivity contribution in [2.24, 2.45) is 0 Å². The lowest BCUT2D eigenvalue weighted by Crippen LogP contribution is -2.52. The summed E-state index contributed by atoms with van der Waals surface area (Å²) in [5.74, 6) is -0.813. The number of nitrogens with one attached hydrogen (secondary N) is 2. The van der Waals surface area contributed by atoms with Crippen molar-refractivity contribution >= 4 is 24.2 Å². The van der Waals surface area contributed by atoms with Crippen LogP contribution < -0.4 is 10.6 Å². The second-order valence-electron chi connectivity index (χ2n) is 7.22. The normalized spacial score (nSPS) is 19.0. The molecule has 0 aliphatic carbocycles. The second kappa shape index (κ2) is 9.37. The molecule has 0 bridgehead atoms. The van der Waals surface area contributed by atoms with Crippen LogP contribution in [0.2, 0.25) is 0 Å². The van der Waals surface area contributed by atoms with E-state index < -0.39 is 11.9 Å². The number of benzene rings is 1. The predicted molar refractivity (Wildman–Crippen MR) is 108 cm³/mol. The van der Waals surface area contributed by atoms with Crippen LogP contribution in [-0.2, 0) is 29.1 Å². The van der Waals surface area contributed by atoms with Gasteiger partial charge in [-0.2, -0.15) is 5.10 Å². The number of nitrogens with zero attached hydrogens (tertiary/aromatic N) is 3. The van der Waals surface area contributed by atoms with E-state index in [1.807, 2.05) is 10.7 Å². The second-order valence-corrected chi connectivity index (χ2v) is 7.22. The molecule has 0 radical (unpaired) electrons. The molecule has 1 saturated heterocycles. The summed E-state index contributed by atoms with van der Waals surface area (Å²) in [6, 6.07) is 7.13. The lowest BCUT2D eigenvalue weighted by molar-refractivity contribution is -0.143. The Morgan fingerprint density at radius 2 is 2.10 bits per heavy atom. The first-order valence-electron chi connectivity index (χ1n) is 9.71. The first-order valence-corrected chi connectivity index (χ1v) is 9.71. The molecule has 2 aliphatic rings. The van der Waals surface area contributed by atoms with Crippen LogP contribution in [-0.4, -0.2) is 46.1 Å². The van der Waals surface area contributed by atoms with Crippen LogP contribution in [0.3, 0.4) is 0 Å². The van der Waals surface area contributed by atoms with Crippen LogP contribution >= 0.6 is 12.4 Å². The molecule has 2 N–H and O–H groups in total. The summed E-state index contributed by atoms with van der Waals surface area (Å²) in [5.41, 5.74) is 2.51. The molecule has 3 heterocycles. The summed E-state index contributed by atoms with van der Waals surface area (Å²) in [5, 5.41) is 10.7. The number of fused-ring (bicyclic) bond motifs is 1. The van der Waals surface area contributed by atoms with Crippen molar-refractivity contribution < 1.29 is 14.0 Å². The maximum Gasteiger partial charge on any atom is 0.247 e. The standard InChI is InChI=1S/C20H24FN5O2.ClH/c21-15-4-1-3-14(11-15)19-20(28)23-8-10-25(19)18(27)6-5-16-12-17-13-22-7-2-9-26(17)24-16;/h1,3-4,11-12,19,22H,2,5-10,13H2,(H,23,28);1H. The molecular formula is C20H25ClFN5O2. The van der Waals surface area contributed by atoms with Gasteiger partial charge in [0.1, 0.15) is 11.9 Å². The zero-order chi connectivity index (χ0) is 19.5. The molecule has 4 rings (SSSR count). The Balaban J connectivity index is 0.00000240. The highest BCUT2D eigenvalue weighted by molar-refractivity contribution is 5.89. The molecule has 1 atom stereocenters. The van der Waals surface area contributed by atoms with Crippen LogP contribution in [0.1, 0.15) is 35.8 Å². The maximum atomic E-state index is 13.6. The monoisotopic (exact) mass is 421 g/mol. The Labute approximate surface area is 175 Å². The minimum atomic E-state index is -0.792. The summed E-state index contributed by atoms with van der Waals surface area (Å²) < 4.78 is 15.6.